The van der Waals surface area contributed by atoms with Crippen LogP contribution in [0.5, 0.6) is 0 Å². The highest BCUT2D eigenvalue weighted by molar-refractivity contribution is 8.13. The minimum absolute atomic E-state index is 0.164. The number of hydrogen-bond acceptors (Lipinski definition) is 3. The smallest absolute Gasteiger partial charge is 0.157 e. The standard InChI is InChI=1S/C12H24N2S/c1-6-11(3,4)13-10-14-12(5,7-2)8-9-15-10/h6-9H2,1-5H3,(H,13,14). The summed E-state index contributed by atoms with van der Waals surface area (Å²) in [5, 5.41) is 4.68. The predicted octanol–water partition coefficient (Wildman–Crippen LogP) is 3.43. The molecule has 0 fully saturated rings. The van der Waals surface area contributed by atoms with Crippen molar-refractivity contribution in [2.45, 2.75) is 65.0 Å². The average molecular weight is 228 g/mol. The van der Waals surface area contributed by atoms with Crippen molar-refractivity contribution < 1.29 is 0 Å². The van der Waals surface area contributed by atoms with Gasteiger partial charge in [0.1, 0.15) is 0 Å². The van der Waals surface area contributed by atoms with E-state index >= 15 is 0 Å². The molecule has 1 rings (SSSR count). The van der Waals surface area contributed by atoms with E-state index in [9.17, 15) is 0 Å². The van der Waals surface area contributed by atoms with E-state index in [0.29, 0.717) is 0 Å². The third-order valence-corrected chi connectivity index (χ3v) is 4.22. The quantitative estimate of drug-likeness (QED) is 0.800. The molecule has 0 radical (unpaired) electrons. The van der Waals surface area contributed by atoms with Crippen molar-refractivity contribution >= 4 is 16.9 Å². The Balaban J connectivity index is 2.70. The highest BCUT2D eigenvalue weighted by Crippen LogP contribution is 2.29. The van der Waals surface area contributed by atoms with Gasteiger partial charge in [0, 0.05) is 11.3 Å². The molecule has 0 amide bonds. The van der Waals surface area contributed by atoms with Crippen molar-refractivity contribution in [3.8, 4) is 0 Å². The normalized spacial score (nSPS) is 27.4. The third kappa shape index (κ3) is 3.71. The molecule has 0 aromatic rings. The molecule has 0 aliphatic carbocycles. The summed E-state index contributed by atoms with van der Waals surface area (Å²) in [6, 6.07) is 0. The van der Waals surface area contributed by atoms with Crippen molar-refractivity contribution in [3.05, 3.63) is 0 Å². The van der Waals surface area contributed by atoms with E-state index in [1.54, 1.807) is 0 Å². The summed E-state index contributed by atoms with van der Waals surface area (Å²) in [4.78, 5) is 4.83. The van der Waals surface area contributed by atoms with Crippen LogP contribution in [0.25, 0.3) is 0 Å². The van der Waals surface area contributed by atoms with Crippen molar-refractivity contribution in [2.24, 2.45) is 4.99 Å². The van der Waals surface area contributed by atoms with Gasteiger partial charge in [-0.15, -0.1) is 0 Å². The van der Waals surface area contributed by atoms with Crippen molar-refractivity contribution in [3.63, 3.8) is 0 Å². The lowest BCUT2D eigenvalue weighted by Gasteiger charge is -2.33. The fraction of sp³-hybridized carbons (Fsp3) is 0.917. The van der Waals surface area contributed by atoms with Gasteiger partial charge in [-0.1, -0.05) is 25.6 Å². The van der Waals surface area contributed by atoms with Gasteiger partial charge in [0.05, 0.1) is 5.54 Å². The summed E-state index contributed by atoms with van der Waals surface area (Å²) >= 11 is 1.86. The average Bonchev–Trinajstić information content (AvgIpc) is 2.17. The van der Waals surface area contributed by atoms with Crippen LogP contribution in [0.2, 0.25) is 0 Å². The molecule has 1 unspecified atom stereocenters. The number of amidine groups is 1. The van der Waals surface area contributed by atoms with Gasteiger partial charge in [0.2, 0.25) is 0 Å². The van der Waals surface area contributed by atoms with Crippen LogP contribution in [0.15, 0.2) is 4.99 Å². The lowest BCUT2D eigenvalue weighted by atomic mass is 9.96. The van der Waals surface area contributed by atoms with Gasteiger partial charge in [-0.2, -0.15) is 0 Å². The highest BCUT2D eigenvalue weighted by Gasteiger charge is 2.27. The zero-order valence-corrected chi connectivity index (χ0v) is 11.5. The first-order chi connectivity index (χ1) is 6.91. The van der Waals surface area contributed by atoms with E-state index in [-0.39, 0.29) is 11.1 Å². The molecule has 15 heavy (non-hydrogen) atoms. The zero-order valence-electron chi connectivity index (χ0n) is 10.7. The van der Waals surface area contributed by atoms with E-state index < -0.39 is 0 Å². The van der Waals surface area contributed by atoms with Crippen LogP contribution in [0.3, 0.4) is 0 Å². The van der Waals surface area contributed by atoms with E-state index in [0.717, 1.165) is 18.0 Å². The molecule has 0 bridgehead atoms. The summed E-state index contributed by atoms with van der Waals surface area (Å²) < 4.78 is 0. The van der Waals surface area contributed by atoms with Gasteiger partial charge in [0.25, 0.3) is 0 Å². The van der Waals surface area contributed by atoms with Gasteiger partial charge in [0.15, 0.2) is 5.17 Å². The van der Waals surface area contributed by atoms with Crippen LogP contribution in [0, 0.1) is 0 Å². The molecule has 1 N–H and O–H groups in total. The Morgan fingerprint density at radius 1 is 1.47 bits per heavy atom. The monoisotopic (exact) mass is 228 g/mol. The molecule has 1 atom stereocenters. The number of aliphatic imine (C=N–C) groups is 1. The van der Waals surface area contributed by atoms with Crippen LogP contribution in [0.4, 0.5) is 0 Å². The first-order valence-corrected chi connectivity index (χ1v) is 6.90. The Hall–Kier alpha value is -0.180. The summed E-state index contributed by atoms with van der Waals surface area (Å²) in [5.74, 6) is 1.19. The molecule has 1 aliphatic rings. The number of thioether (sulfide) groups is 1. The maximum Gasteiger partial charge on any atom is 0.157 e. The van der Waals surface area contributed by atoms with Crippen molar-refractivity contribution in [1.29, 1.82) is 0 Å². The molecule has 0 saturated heterocycles. The lowest BCUT2D eigenvalue weighted by Crippen LogP contribution is -2.44. The summed E-state index contributed by atoms with van der Waals surface area (Å²) in [6.45, 7) is 11.2. The maximum absolute atomic E-state index is 4.83. The van der Waals surface area contributed by atoms with Crippen LogP contribution >= 0.6 is 11.8 Å². The Kier molecular flexibility index (Phi) is 4.10. The van der Waals surface area contributed by atoms with Crippen molar-refractivity contribution in [1.82, 2.24) is 5.32 Å². The molecular weight excluding hydrogens is 204 g/mol. The van der Waals surface area contributed by atoms with Gasteiger partial charge >= 0.3 is 0 Å². The van der Waals surface area contributed by atoms with Crippen molar-refractivity contribution in [2.75, 3.05) is 5.75 Å². The molecule has 88 valence electrons. The topological polar surface area (TPSA) is 24.4 Å². The second kappa shape index (κ2) is 4.77. The molecule has 1 aliphatic heterocycles. The number of nitrogens with one attached hydrogen (secondary N) is 1. The number of rotatable bonds is 3. The van der Waals surface area contributed by atoms with E-state index in [4.69, 9.17) is 4.99 Å². The molecule has 0 spiro atoms. The molecular formula is C12H24N2S. The van der Waals surface area contributed by atoms with Gasteiger partial charge in [-0.25, -0.2) is 0 Å². The molecule has 3 heteroatoms. The zero-order chi connectivity index (χ0) is 11.5. The predicted molar refractivity (Wildman–Crippen MR) is 70.7 cm³/mol. The fourth-order valence-corrected chi connectivity index (χ4v) is 2.77. The Bertz CT molecular complexity index is 248. The molecule has 0 saturated carbocycles. The molecule has 1 heterocycles. The van der Waals surface area contributed by atoms with Crippen LogP contribution in [-0.4, -0.2) is 22.0 Å². The first kappa shape index (κ1) is 12.9. The largest absolute Gasteiger partial charge is 0.360 e. The van der Waals surface area contributed by atoms with Gasteiger partial charge < -0.3 is 5.32 Å². The van der Waals surface area contributed by atoms with Gasteiger partial charge in [-0.05, 0) is 40.0 Å². The minimum Gasteiger partial charge on any atom is -0.360 e. The minimum atomic E-state index is 0.164. The first-order valence-electron chi connectivity index (χ1n) is 5.91. The Labute approximate surface area is 98.3 Å². The highest BCUT2D eigenvalue weighted by atomic mass is 32.2. The van der Waals surface area contributed by atoms with Crippen LogP contribution in [-0.2, 0) is 0 Å². The molecule has 0 aromatic carbocycles. The number of nitrogens with zero attached hydrogens (tertiary/aromatic N) is 1. The summed E-state index contributed by atoms with van der Waals surface area (Å²) in [6.07, 6.45) is 3.45. The second-order valence-corrected chi connectivity index (χ2v) is 6.31. The molecule has 2 nitrogen and oxygen atoms in total. The van der Waals surface area contributed by atoms with Gasteiger partial charge in [-0.3, -0.25) is 4.99 Å². The summed E-state index contributed by atoms with van der Waals surface area (Å²) in [5.41, 5.74) is 0.329. The second-order valence-electron chi connectivity index (χ2n) is 5.23. The SMILES string of the molecule is CCC1(C)CCSC(NC(C)(C)CC)=N1. The number of hydrogen-bond donors (Lipinski definition) is 1. The fourth-order valence-electron chi connectivity index (χ4n) is 1.40. The van der Waals surface area contributed by atoms with E-state index in [1.165, 1.54) is 12.2 Å². The van der Waals surface area contributed by atoms with E-state index in [2.05, 4.69) is 39.9 Å². The third-order valence-electron chi connectivity index (χ3n) is 3.34. The molecule has 0 aromatic heterocycles. The van der Waals surface area contributed by atoms with Crippen LogP contribution in [0.1, 0.15) is 53.9 Å². The Morgan fingerprint density at radius 3 is 2.67 bits per heavy atom. The van der Waals surface area contributed by atoms with Crippen LogP contribution < -0.4 is 5.32 Å². The Morgan fingerprint density at radius 2 is 2.13 bits per heavy atom. The van der Waals surface area contributed by atoms with E-state index in [1.807, 2.05) is 11.8 Å². The summed E-state index contributed by atoms with van der Waals surface area (Å²) in [7, 11) is 0. The maximum atomic E-state index is 4.83. The lowest BCUT2D eigenvalue weighted by molar-refractivity contribution is 0.421.